The van der Waals surface area contributed by atoms with Crippen LogP contribution in [0.1, 0.15) is 29.3 Å². The second-order valence-electron chi connectivity index (χ2n) is 7.31. The summed E-state index contributed by atoms with van der Waals surface area (Å²) in [6.45, 7) is 4.24. The van der Waals surface area contributed by atoms with Crippen molar-refractivity contribution < 1.29 is 4.74 Å². The van der Waals surface area contributed by atoms with Gasteiger partial charge >= 0.3 is 0 Å². The van der Waals surface area contributed by atoms with Crippen LogP contribution in [0.4, 0.5) is 5.69 Å². The number of nitrogens with zero attached hydrogens (tertiary/aromatic N) is 5. The van der Waals surface area contributed by atoms with E-state index in [0.717, 1.165) is 41.2 Å². The zero-order valence-electron chi connectivity index (χ0n) is 16.5. The Labute approximate surface area is 168 Å². The summed E-state index contributed by atoms with van der Waals surface area (Å²) >= 11 is 0. The van der Waals surface area contributed by atoms with Crippen LogP contribution in [0.2, 0.25) is 0 Å². The lowest BCUT2D eigenvalue weighted by atomic mass is 10.0. The van der Waals surface area contributed by atoms with Crippen molar-refractivity contribution in [1.82, 2.24) is 34.8 Å². The van der Waals surface area contributed by atoms with Gasteiger partial charge in [0.05, 0.1) is 48.5 Å². The fraction of sp³-hybridized carbons (Fsp3) is 0.350. The van der Waals surface area contributed by atoms with Crippen molar-refractivity contribution in [2.24, 2.45) is 0 Å². The minimum absolute atomic E-state index is 0.125. The van der Waals surface area contributed by atoms with Crippen molar-refractivity contribution in [3.05, 3.63) is 60.1 Å². The van der Waals surface area contributed by atoms with Crippen LogP contribution in [0.25, 0.3) is 10.9 Å². The van der Waals surface area contributed by atoms with E-state index in [9.17, 15) is 0 Å². The Bertz CT molecular complexity index is 1130. The van der Waals surface area contributed by atoms with E-state index >= 15 is 0 Å². The number of ether oxygens (including phenoxy) is 1. The van der Waals surface area contributed by atoms with Crippen LogP contribution in [-0.2, 0) is 17.8 Å². The van der Waals surface area contributed by atoms with Crippen molar-refractivity contribution in [3.63, 3.8) is 0 Å². The number of aromatic amines is 1. The van der Waals surface area contributed by atoms with E-state index < -0.39 is 0 Å². The molecule has 150 valence electrons. The van der Waals surface area contributed by atoms with Crippen molar-refractivity contribution >= 4 is 16.6 Å². The zero-order valence-corrected chi connectivity index (χ0v) is 16.5. The van der Waals surface area contributed by atoms with Gasteiger partial charge in [0, 0.05) is 31.4 Å². The summed E-state index contributed by atoms with van der Waals surface area (Å²) in [5.41, 5.74) is 4.31. The molecule has 2 atom stereocenters. The largest absolute Gasteiger partial charge is 0.383 e. The van der Waals surface area contributed by atoms with Gasteiger partial charge in [-0.25, -0.2) is 4.98 Å². The van der Waals surface area contributed by atoms with Crippen LogP contribution in [0.3, 0.4) is 0 Å². The number of hydrogen-bond acceptors (Lipinski definition) is 6. The molecule has 1 aromatic carbocycles. The predicted molar refractivity (Wildman–Crippen MR) is 109 cm³/mol. The van der Waals surface area contributed by atoms with E-state index in [1.54, 1.807) is 7.11 Å². The summed E-state index contributed by atoms with van der Waals surface area (Å²) in [4.78, 5) is 4.56. The maximum absolute atomic E-state index is 5.17. The lowest BCUT2D eigenvalue weighted by Gasteiger charge is -2.33. The van der Waals surface area contributed by atoms with E-state index in [-0.39, 0.29) is 12.2 Å². The highest BCUT2D eigenvalue weighted by atomic mass is 16.5. The van der Waals surface area contributed by atoms with Gasteiger partial charge in [-0.1, -0.05) is 12.1 Å². The zero-order chi connectivity index (χ0) is 19.8. The van der Waals surface area contributed by atoms with Gasteiger partial charge in [-0.05, 0) is 18.6 Å². The first kappa shape index (κ1) is 17.9. The van der Waals surface area contributed by atoms with Gasteiger partial charge in [-0.2, -0.15) is 10.2 Å². The maximum Gasteiger partial charge on any atom is 0.146 e. The van der Waals surface area contributed by atoms with Gasteiger partial charge in [-0.3, -0.25) is 15.1 Å². The fourth-order valence-electron chi connectivity index (χ4n) is 3.89. The van der Waals surface area contributed by atoms with Gasteiger partial charge in [0.2, 0.25) is 0 Å². The molecule has 4 aromatic rings. The Morgan fingerprint density at radius 1 is 1.31 bits per heavy atom. The van der Waals surface area contributed by atoms with Gasteiger partial charge in [0.1, 0.15) is 12.0 Å². The molecule has 0 radical (unpaired) electrons. The summed E-state index contributed by atoms with van der Waals surface area (Å²) in [6, 6.07) is 6.56. The lowest BCUT2D eigenvalue weighted by molar-refractivity contribution is 0.183. The highest BCUT2D eigenvalue weighted by Gasteiger charge is 2.29. The second kappa shape index (κ2) is 7.34. The average Bonchev–Trinajstić information content (AvgIpc) is 3.46. The highest BCUT2D eigenvalue weighted by Crippen LogP contribution is 2.30. The first-order valence-electron chi connectivity index (χ1n) is 9.71. The van der Waals surface area contributed by atoms with Crippen LogP contribution in [0.5, 0.6) is 0 Å². The van der Waals surface area contributed by atoms with Crippen LogP contribution in [0.15, 0.2) is 43.0 Å². The van der Waals surface area contributed by atoms with E-state index in [1.807, 2.05) is 29.5 Å². The van der Waals surface area contributed by atoms with Crippen LogP contribution in [0, 0.1) is 6.92 Å². The Kier molecular flexibility index (Phi) is 4.53. The molecular formula is C20H24N8O. The summed E-state index contributed by atoms with van der Waals surface area (Å²) in [6.07, 6.45) is 7.46. The third kappa shape index (κ3) is 3.28. The van der Waals surface area contributed by atoms with Crippen molar-refractivity contribution in [1.29, 1.82) is 0 Å². The van der Waals surface area contributed by atoms with E-state index in [4.69, 9.17) is 4.74 Å². The third-order valence-corrected chi connectivity index (χ3v) is 5.53. The standard InChI is InChI=1S/C20H24N8O/c1-13-17(11-23-28(13)7-8-29-2)24-19-20-21-5-6-27(20)12-18(25-19)14-3-4-15-10-22-26-16(15)9-14/h3-6,9-11,18-19,24-25H,7-8,12H2,1-2H3,(H,22,26). The lowest BCUT2D eigenvalue weighted by Crippen LogP contribution is -2.40. The third-order valence-electron chi connectivity index (χ3n) is 5.53. The summed E-state index contributed by atoms with van der Waals surface area (Å²) in [5.74, 6) is 0.966. The molecule has 0 fully saturated rings. The number of rotatable bonds is 6. The Morgan fingerprint density at radius 2 is 2.24 bits per heavy atom. The number of benzene rings is 1. The van der Waals surface area contributed by atoms with E-state index in [0.29, 0.717) is 6.61 Å². The number of H-pyrrole nitrogens is 1. The van der Waals surface area contributed by atoms with Crippen LogP contribution >= 0.6 is 0 Å². The molecule has 1 aliphatic rings. The normalized spacial score (nSPS) is 18.8. The molecule has 0 bridgehead atoms. The molecule has 5 rings (SSSR count). The number of aromatic nitrogens is 6. The van der Waals surface area contributed by atoms with E-state index in [1.165, 1.54) is 5.56 Å². The van der Waals surface area contributed by atoms with Crippen molar-refractivity contribution in [2.45, 2.75) is 32.2 Å². The van der Waals surface area contributed by atoms with Gasteiger partial charge < -0.3 is 14.6 Å². The number of hydrogen-bond donors (Lipinski definition) is 3. The molecule has 9 nitrogen and oxygen atoms in total. The Morgan fingerprint density at radius 3 is 3.14 bits per heavy atom. The summed E-state index contributed by atoms with van der Waals surface area (Å²) < 4.78 is 9.31. The molecule has 0 saturated carbocycles. The molecule has 4 heterocycles. The Balaban J connectivity index is 1.41. The number of nitrogens with one attached hydrogen (secondary N) is 3. The molecule has 0 amide bonds. The molecule has 2 unspecified atom stereocenters. The monoisotopic (exact) mass is 392 g/mol. The highest BCUT2D eigenvalue weighted by molar-refractivity contribution is 5.78. The molecule has 9 heteroatoms. The van der Waals surface area contributed by atoms with Crippen molar-refractivity contribution in [3.8, 4) is 0 Å². The number of fused-ring (bicyclic) bond motifs is 2. The molecule has 0 spiro atoms. The molecule has 0 aliphatic carbocycles. The number of anilines is 1. The van der Waals surface area contributed by atoms with Crippen LogP contribution < -0.4 is 10.6 Å². The van der Waals surface area contributed by atoms with Gasteiger partial charge in [0.15, 0.2) is 0 Å². The fourth-order valence-corrected chi connectivity index (χ4v) is 3.89. The number of imidazole rings is 1. The van der Waals surface area contributed by atoms with Gasteiger partial charge in [-0.15, -0.1) is 0 Å². The summed E-state index contributed by atoms with van der Waals surface area (Å²) in [5, 5.41) is 20.1. The van der Waals surface area contributed by atoms with E-state index in [2.05, 4.69) is 60.6 Å². The topological polar surface area (TPSA) is 97.6 Å². The summed E-state index contributed by atoms with van der Waals surface area (Å²) in [7, 11) is 1.70. The first-order valence-corrected chi connectivity index (χ1v) is 9.71. The quantitative estimate of drug-likeness (QED) is 0.466. The maximum atomic E-state index is 5.17. The van der Waals surface area contributed by atoms with Gasteiger partial charge in [0.25, 0.3) is 0 Å². The molecule has 3 N–H and O–H groups in total. The minimum atomic E-state index is -0.125. The van der Waals surface area contributed by atoms with Crippen LogP contribution in [-0.4, -0.2) is 43.2 Å². The average molecular weight is 392 g/mol. The molecule has 29 heavy (non-hydrogen) atoms. The Hall–Kier alpha value is -3.17. The molecule has 0 saturated heterocycles. The smallest absolute Gasteiger partial charge is 0.146 e. The second-order valence-corrected chi connectivity index (χ2v) is 7.31. The molecule has 1 aliphatic heterocycles. The minimum Gasteiger partial charge on any atom is -0.383 e. The predicted octanol–water partition coefficient (Wildman–Crippen LogP) is 2.37. The number of methoxy groups -OCH3 is 1. The SMILES string of the molecule is COCCn1ncc(NC2NC(c3ccc4cn[nH]c4c3)Cn3ccnc32)c1C. The molecule has 3 aromatic heterocycles. The first-order chi connectivity index (χ1) is 14.2. The van der Waals surface area contributed by atoms with Crippen molar-refractivity contribution in [2.75, 3.05) is 19.0 Å². The molecular weight excluding hydrogens is 368 g/mol.